The first kappa shape index (κ1) is 20.3. The number of ketones is 1. The van der Waals surface area contributed by atoms with E-state index >= 15 is 0 Å². The van der Waals surface area contributed by atoms with Crippen LogP contribution in [0, 0.1) is 6.92 Å². The molecule has 1 aromatic heterocycles. The van der Waals surface area contributed by atoms with Crippen molar-refractivity contribution in [1.82, 2.24) is 4.90 Å². The molecule has 1 aromatic carbocycles. The van der Waals surface area contributed by atoms with Crippen molar-refractivity contribution in [3.63, 3.8) is 0 Å². The molecule has 0 saturated carbocycles. The molecule has 8 heteroatoms. The zero-order valence-corrected chi connectivity index (χ0v) is 17.8. The van der Waals surface area contributed by atoms with Gasteiger partial charge in [0.05, 0.1) is 12.7 Å². The van der Waals surface area contributed by atoms with E-state index in [0.29, 0.717) is 10.7 Å². The SMILES string of the molecule is COC(=O)c1cc(C)sc1NC(=S)N1CCN(c2ccc(C(C)=O)cc2)CC1. The predicted molar refractivity (Wildman–Crippen MR) is 117 cm³/mol. The van der Waals surface area contributed by atoms with Crippen molar-refractivity contribution < 1.29 is 14.3 Å². The number of methoxy groups -OCH3 is 1. The molecular formula is C20H23N3O3S2. The van der Waals surface area contributed by atoms with Gasteiger partial charge in [-0.05, 0) is 56.4 Å². The van der Waals surface area contributed by atoms with Crippen molar-refractivity contribution in [2.75, 3.05) is 43.5 Å². The number of aryl methyl sites for hydroxylation is 1. The smallest absolute Gasteiger partial charge is 0.340 e. The number of benzene rings is 1. The molecule has 0 aliphatic carbocycles. The fourth-order valence-electron chi connectivity index (χ4n) is 3.12. The molecule has 1 fully saturated rings. The quantitative estimate of drug-likeness (QED) is 0.464. The molecule has 148 valence electrons. The van der Waals surface area contributed by atoms with Gasteiger partial charge in [0.1, 0.15) is 5.00 Å². The van der Waals surface area contributed by atoms with Crippen LogP contribution >= 0.6 is 23.6 Å². The molecule has 1 N–H and O–H groups in total. The van der Waals surface area contributed by atoms with Crippen molar-refractivity contribution in [1.29, 1.82) is 0 Å². The lowest BCUT2D eigenvalue weighted by atomic mass is 10.1. The van der Waals surface area contributed by atoms with Crippen molar-refractivity contribution in [2.24, 2.45) is 0 Å². The Morgan fingerprint density at radius 2 is 1.79 bits per heavy atom. The minimum atomic E-state index is -0.367. The molecule has 0 spiro atoms. The van der Waals surface area contributed by atoms with Crippen molar-refractivity contribution in [3.05, 3.63) is 46.3 Å². The van der Waals surface area contributed by atoms with E-state index in [2.05, 4.69) is 15.1 Å². The average Bonchev–Trinajstić information content (AvgIpc) is 3.07. The van der Waals surface area contributed by atoms with Crippen LogP contribution < -0.4 is 10.2 Å². The Kier molecular flexibility index (Phi) is 6.31. The number of nitrogens with one attached hydrogen (secondary N) is 1. The van der Waals surface area contributed by atoms with E-state index in [1.807, 2.05) is 37.3 Å². The lowest BCUT2D eigenvalue weighted by Crippen LogP contribution is -2.50. The van der Waals surface area contributed by atoms with Gasteiger partial charge in [0.25, 0.3) is 0 Å². The van der Waals surface area contributed by atoms with Crippen LogP contribution in [0.1, 0.15) is 32.5 Å². The molecule has 28 heavy (non-hydrogen) atoms. The van der Waals surface area contributed by atoms with E-state index in [1.54, 1.807) is 6.92 Å². The number of esters is 1. The topological polar surface area (TPSA) is 61.9 Å². The molecule has 0 radical (unpaired) electrons. The summed E-state index contributed by atoms with van der Waals surface area (Å²) in [4.78, 5) is 28.7. The zero-order chi connectivity index (χ0) is 20.3. The largest absolute Gasteiger partial charge is 0.465 e. The number of thiocarbonyl (C=S) groups is 1. The van der Waals surface area contributed by atoms with Crippen LogP contribution in [0.2, 0.25) is 0 Å². The number of hydrogen-bond acceptors (Lipinski definition) is 6. The number of ether oxygens (including phenoxy) is 1. The number of thiophene rings is 1. The van der Waals surface area contributed by atoms with Gasteiger partial charge in [0.2, 0.25) is 0 Å². The number of anilines is 2. The van der Waals surface area contributed by atoms with E-state index in [1.165, 1.54) is 18.4 Å². The van der Waals surface area contributed by atoms with Gasteiger partial charge in [-0.3, -0.25) is 4.79 Å². The van der Waals surface area contributed by atoms with Crippen molar-refractivity contribution in [2.45, 2.75) is 13.8 Å². The minimum Gasteiger partial charge on any atom is -0.465 e. The minimum absolute atomic E-state index is 0.0722. The van der Waals surface area contributed by atoms with Crippen LogP contribution in [0.4, 0.5) is 10.7 Å². The summed E-state index contributed by atoms with van der Waals surface area (Å²) in [7, 11) is 1.37. The van der Waals surface area contributed by atoms with Crippen LogP contribution in [0.5, 0.6) is 0 Å². The first-order chi connectivity index (χ1) is 13.4. The fraction of sp³-hybridized carbons (Fsp3) is 0.350. The number of carbonyl (C=O) groups is 2. The Morgan fingerprint density at radius 1 is 1.14 bits per heavy atom. The lowest BCUT2D eigenvalue weighted by molar-refractivity contribution is 0.0602. The summed E-state index contributed by atoms with van der Waals surface area (Å²) < 4.78 is 4.85. The predicted octanol–water partition coefficient (Wildman–Crippen LogP) is 3.56. The number of carbonyl (C=O) groups excluding carboxylic acids is 2. The van der Waals surface area contributed by atoms with E-state index in [9.17, 15) is 9.59 Å². The number of Topliss-reactive ketones (excluding diaryl/α,β-unsaturated/α-hetero) is 1. The Bertz CT molecular complexity index is 885. The molecule has 0 bridgehead atoms. The molecule has 0 unspecified atom stereocenters. The maximum atomic E-state index is 11.9. The average molecular weight is 418 g/mol. The maximum Gasteiger partial charge on any atom is 0.340 e. The first-order valence-corrected chi connectivity index (χ1v) is 10.2. The molecule has 2 heterocycles. The number of nitrogens with zero attached hydrogens (tertiary/aromatic N) is 2. The Morgan fingerprint density at radius 3 is 2.36 bits per heavy atom. The van der Waals surface area contributed by atoms with Crippen LogP contribution in [0.15, 0.2) is 30.3 Å². The normalized spacial score (nSPS) is 14.0. The standard InChI is InChI=1S/C20H23N3O3S2/c1-13-12-17(19(25)26-3)18(28-13)21-20(27)23-10-8-22(9-11-23)16-6-4-15(5-7-16)14(2)24/h4-7,12H,8-11H2,1-3H3,(H,21,27). The summed E-state index contributed by atoms with van der Waals surface area (Å²) in [5.41, 5.74) is 2.34. The summed E-state index contributed by atoms with van der Waals surface area (Å²) in [6, 6.07) is 9.51. The second-order valence-electron chi connectivity index (χ2n) is 6.60. The van der Waals surface area contributed by atoms with Gasteiger partial charge in [-0.25, -0.2) is 4.79 Å². The second kappa shape index (κ2) is 8.70. The fourth-order valence-corrected chi connectivity index (χ4v) is 4.37. The Hall–Kier alpha value is -2.45. The highest BCUT2D eigenvalue weighted by atomic mass is 32.1. The van der Waals surface area contributed by atoms with E-state index < -0.39 is 0 Å². The highest BCUT2D eigenvalue weighted by molar-refractivity contribution is 7.80. The summed E-state index contributed by atoms with van der Waals surface area (Å²) in [6.45, 7) is 6.73. The Labute approximate surface area is 174 Å². The highest BCUT2D eigenvalue weighted by Gasteiger charge is 2.22. The summed E-state index contributed by atoms with van der Waals surface area (Å²) in [5, 5.41) is 4.54. The Balaban J connectivity index is 1.60. The van der Waals surface area contributed by atoms with Gasteiger partial charge in [0, 0.05) is 42.3 Å². The zero-order valence-electron chi connectivity index (χ0n) is 16.2. The second-order valence-corrected chi connectivity index (χ2v) is 8.24. The van der Waals surface area contributed by atoms with Crippen molar-refractivity contribution >= 4 is 51.1 Å². The number of rotatable bonds is 4. The monoisotopic (exact) mass is 417 g/mol. The maximum absolute atomic E-state index is 11.9. The third kappa shape index (κ3) is 4.51. The summed E-state index contributed by atoms with van der Waals surface area (Å²) in [5.74, 6) is -0.295. The molecule has 1 aliphatic heterocycles. The van der Waals surface area contributed by atoms with Crippen LogP contribution in [-0.2, 0) is 4.74 Å². The molecule has 1 saturated heterocycles. The van der Waals surface area contributed by atoms with E-state index in [0.717, 1.165) is 47.3 Å². The molecule has 0 amide bonds. The molecule has 2 aromatic rings. The van der Waals surface area contributed by atoms with Crippen LogP contribution in [0.3, 0.4) is 0 Å². The molecular weight excluding hydrogens is 394 g/mol. The van der Waals surface area contributed by atoms with Gasteiger partial charge >= 0.3 is 5.97 Å². The van der Waals surface area contributed by atoms with Gasteiger partial charge in [-0.2, -0.15) is 0 Å². The molecule has 6 nitrogen and oxygen atoms in total. The molecule has 3 rings (SSSR count). The highest BCUT2D eigenvalue weighted by Crippen LogP contribution is 2.28. The molecule has 0 atom stereocenters. The summed E-state index contributed by atoms with van der Waals surface area (Å²) >= 11 is 7.05. The van der Waals surface area contributed by atoms with E-state index in [4.69, 9.17) is 17.0 Å². The van der Waals surface area contributed by atoms with Crippen LogP contribution in [-0.4, -0.2) is 55.1 Å². The number of piperazine rings is 1. The van der Waals surface area contributed by atoms with Gasteiger partial charge in [-0.15, -0.1) is 11.3 Å². The van der Waals surface area contributed by atoms with Gasteiger partial charge in [0.15, 0.2) is 10.9 Å². The van der Waals surface area contributed by atoms with Crippen molar-refractivity contribution in [3.8, 4) is 0 Å². The van der Waals surface area contributed by atoms with Crippen LogP contribution in [0.25, 0.3) is 0 Å². The first-order valence-electron chi connectivity index (χ1n) is 8.99. The summed E-state index contributed by atoms with van der Waals surface area (Å²) in [6.07, 6.45) is 0. The van der Waals surface area contributed by atoms with Gasteiger partial charge in [-0.1, -0.05) is 0 Å². The number of hydrogen-bond donors (Lipinski definition) is 1. The third-order valence-electron chi connectivity index (χ3n) is 4.69. The van der Waals surface area contributed by atoms with Gasteiger partial charge < -0.3 is 19.9 Å². The molecule has 1 aliphatic rings. The van der Waals surface area contributed by atoms with E-state index in [-0.39, 0.29) is 11.8 Å². The lowest BCUT2D eigenvalue weighted by Gasteiger charge is -2.37. The third-order valence-corrected chi connectivity index (χ3v) is 6.01.